The Balaban J connectivity index is 1.47. The van der Waals surface area contributed by atoms with Crippen LogP contribution in [0, 0.1) is 5.82 Å². The molecule has 0 radical (unpaired) electrons. The van der Waals surface area contributed by atoms with Crippen molar-refractivity contribution in [2.45, 2.75) is 70.2 Å². The lowest BCUT2D eigenvalue weighted by Crippen LogP contribution is -2.49. The van der Waals surface area contributed by atoms with Crippen molar-refractivity contribution in [3.05, 3.63) is 29.7 Å². The van der Waals surface area contributed by atoms with Crippen LogP contribution in [-0.4, -0.2) is 53.0 Å². The van der Waals surface area contributed by atoms with Gasteiger partial charge in [0.15, 0.2) is 11.6 Å². The van der Waals surface area contributed by atoms with Crippen LogP contribution in [0.15, 0.2) is 18.3 Å². The fraction of sp³-hybridized carbons (Fsp3) is 0.542. The van der Waals surface area contributed by atoms with Gasteiger partial charge in [-0.3, -0.25) is 9.80 Å². The molecule has 0 saturated heterocycles. The molecule has 5 rings (SSSR count). The predicted octanol–water partition coefficient (Wildman–Crippen LogP) is 3.85. The highest BCUT2D eigenvalue weighted by atomic mass is 19.1. The number of rotatable bonds is 7. The van der Waals surface area contributed by atoms with Crippen LogP contribution in [0.2, 0.25) is 0 Å². The molecular weight excluding hydrogens is 441 g/mol. The number of anilines is 3. The average molecular weight is 472 g/mol. The molecule has 0 bridgehead atoms. The molecule has 2 fully saturated rings. The van der Waals surface area contributed by atoms with Crippen molar-refractivity contribution in [3.8, 4) is 11.5 Å². The number of methoxy groups -OCH3 is 1. The van der Waals surface area contributed by atoms with Crippen molar-refractivity contribution < 1.29 is 23.8 Å². The first-order valence-corrected chi connectivity index (χ1v) is 11.9. The zero-order chi connectivity index (χ0) is 23.8. The molecule has 2 saturated carbocycles. The van der Waals surface area contributed by atoms with E-state index in [1.54, 1.807) is 11.1 Å². The smallest absolute Gasteiger partial charge is 0.330 e. The molecule has 2 amide bonds. The Hall–Kier alpha value is -3.14. The first-order valence-electron chi connectivity index (χ1n) is 11.9. The van der Waals surface area contributed by atoms with Gasteiger partial charge in [0, 0.05) is 36.0 Å². The summed E-state index contributed by atoms with van der Waals surface area (Å²) in [5, 5.41) is 13.1. The maximum absolute atomic E-state index is 15.3. The second kappa shape index (κ2) is 9.25. The Labute approximate surface area is 197 Å². The fourth-order valence-electron chi connectivity index (χ4n) is 4.65. The predicted molar refractivity (Wildman–Crippen MR) is 125 cm³/mol. The molecule has 0 unspecified atom stereocenters. The summed E-state index contributed by atoms with van der Waals surface area (Å²) in [6.07, 6.45) is 6.40. The lowest BCUT2D eigenvalue weighted by atomic mass is 9.93. The van der Waals surface area contributed by atoms with Crippen molar-refractivity contribution in [1.29, 1.82) is 0 Å². The summed E-state index contributed by atoms with van der Waals surface area (Å²) < 4.78 is 26.0. The first-order chi connectivity index (χ1) is 16.5. The molecule has 1 aromatic carbocycles. The zero-order valence-electron chi connectivity index (χ0n) is 19.5. The van der Waals surface area contributed by atoms with E-state index in [9.17, 15) is 9.90 Å². The summed E-state index contributed by atoms with van der Waals surface area (Å²) in [7, 11) is 1.39. The minimum Gasteiger partial charge on any atom is -0.494 e. The lowest BCUT2D eigenvalue weighted by Gasteiger charge is -2.36. The van der Waals surface area contributed by atoms with Crippen LogP contribution in [0.25, 0.3) is 0 Å². The molecule has 34 heavy (non-hydrogen) atoms. The van der Waals surface area contributed by atoms with Crippen molar-refractivity contribution >= 4 is 23.5 Å². The third kappa shape index (κ3) is 4.34. The quantitative estimate of drug-likeness (QED) is 0.633. The zero-order valence-corrected chi connectivity index (χ0v) is 19.5. The van der Waals surface area contributed by atoms with Gasteiger partial charge in [0.05, 0.1) is 32.1 Å². The molecule has 182 valence electrons. The number of ether oxygens (including phenoxy) is 2. The van der Waals surface area contributed by atoms with Gasteiger partial charge in [-0.2, -0.15) is 4.98 Å². The highest BCUT2D eigenvalue weighted by Crippen LogP contribution is 2.41. The highest BCUT2D eigenvalue weighted by molar-refractivity contribution is 6.06. The number of benzene rings is 1. The molecule has 2 heterocycles. The van der Waals surface area contributed by atoms with Crippen molar-refractivity contribution in [2.24, 2.45) is 0 Å². The summed E-state index contributed by atoms with van der Waals surface area (Å²) in [6, 6.07) is 2.91. The minimum absolute atomic E-state index is 0.0194. The van der Waals surface area contributed by atoms with E-state index in [4.69, 9.17) is 14.5 Å². The number of nitrogens with zero attached hydrogens (tertiary/aromatic N) is 4. The third-order valence-corrected chi connectivity index (χ3v) is 6.59. The normalized spacial score (nSPS) is 22.4. The number of aromatic nitrogens is 2. The van der Waals surface area contributed by atoms with Gasteiger partial charge in [0.2, 0.25) is 5.95 Å². The Bertz CT molecular complexity index is 1070. The number of carbonyl (C=O) groups excluding carboxylic acids is 1. The molecule has 2 aliphatic carbocycles. The summed E-state index contributed by atoms with van der Waals surface area (Å²) in [4.78, 5) is 25.9. The Kier molecular flexibility index (Phi) is 6.16. The van der Waals surface area contributed by atoms with Crippen molar-refractivity contribution in [1.82, 2.24) is 9.97 Å². The van der Waals surface area contributed by atoms with Crippen LogP contribution >= 0.6 is 0 Å². The molecule has 9 nitrogen and oxygen atoms in total. The monoisotopic (exact) mass is 471 g/mol. The van der Waals surface area contributed by atoms with E-state index in [0.29, 0.717) is 24.1 Å². The SMILES string of the molecule is CCOc1cc(OC)c(F)c(N2Cc3cnc(NC4CCC(O)CC4)nc3N(C3CC3)C2=O)c1. The van der Waals surface area contributed by atoms with Crippen LogP contribution in [0.5, 0.6) is 11.5 Å². The van der Waals surface area contributed by atoms with Crippen LogP contribution in [-0.2, 0) is 6.54 Å². The number of hydrogen-bond acceptors (Lipinski definition) is 7. The van der Waals surface area contributed by atoms with E-state index in [0.717, 1.165) is 44.1 Å². The molecule has 2 aromatic rings. The number of urea groups is 1. The van der Waals surface area contributed by atoms with E-state index in [1.165, 1.54) is 24.1 Å². The van der Waals surface area contributed by atoms with Gasteiger partial charge in [-0.25, -0.2) is 14.2 Å². The Morgan fingerprint density at radius 1 is 1.21 bits per heavy atom. The maximum Gasteiger partial charge on any atom is 0.330 e. The van der Waals surface area contributed by atoms with Gasteiger partial charge in [-0.15, -0.1) is 0 Å². The summed E-state index contributed by atoms with van der Waals surface area (Å²) in [5.74, 6) is 0.882. The Morgan fingerprint density at radius 3 is 2.65 bits per heavy atom. The number of aliphatic hydroxyl groups is 1. The van der Waals surface area contributed by atoms with E-state index >= 15 is 4.39 Å². The third-order valence-electron chi connectivity index (χ3n) is 6.59. The second-order valence-corrected chi connectivity index (χ2v) is 9.05. The fourth-order valence-corrected chi connectivity index (χ4v) is 4.65. The summed E-state index contributed by atoms with van der Waals surface area (Å²) in [6.45, 7) is 2.39. The van der Waals surface area contributed by atoms with E-state index < -0.39 is 5.82 Å². The molecule has 1 aromatic heterocycles. The molecular formula is C24H30FN5O4. The standard InChI is InChI=1S/C24H30FN5O4/c1-3-34-18-10-19(21(25)20(11-18)33-2)29-13-14-12-26-23(27-15-4-8-17(31)9-5-15)28-22(14)30(24(29)32)16-6-7-16/h10-12,15-17,31H,3-9,13H2,1-2H3,(H,26,27,28). The van der Waals surface area contributed by atoms with E-state index in [2.05, 4.69) is 10.3 Å². The van der Waals surface area contributed by atoms with Gasteiger partial charge in [0.1, 0.15) is 11.6 Å². The average Bonchev–Trinajstić information content (AvgIpc) is 3.66. The van der Waals surface area contributed by atoms with Crippen molar-refractivity contribution in [3.63, 3.8) is 0 Å². The summed E-state index contributed by atoms with van der Waals surface area (Å²) in [5.41, 5.74) is 0.850. The van der Waals surface area contributed by atoms with Gasteiger partial charge < -0.3 is 19.9 Å². The maximum atomic E-state index is 15.3. The number of nitrogens with one attached hydrogen (secondary N) is 1. The van der Waals surface area contributed by atoms with Crippen LogP contribution in [0.4, 0.5) is 26.6 Å². The van der Waals surface area contributed by atoms with E-state index in [-0.39, 0.29) is 42.2 Å². The number of aliphatic hydroxyl groups excluding tert-OH is 1. The van der Waals surface area contributed by atoms with Crippen molar-refractivity contribution in [2.75, 3.05) is 28.8 Å². The number of fused-ring (bicyclic) bond motifs is 1. The second-order valence-electron chi connectivity index (χ2n) is 9.05. The minimum atomic E-state index is -0.614. The van der Waals surface area contributed by atoms with Crippen LogP contribution in [0.1, 0.15) is 51.0 Å². The number of halogens is 1. The van der Waals surface area contributed by atoms with Gasteiger partial charge in [0.25, 0.3) is 0 Å². The molecule has 0 spiro atoms. The molecule has 0 atom stereocenters. The van der Waals surface area contributed by atoms with Gasteiger partial charge in [-0.05, 0) is 45.4 Å². The summed E-state index contributed by atoms with van der Waals surface area (Å²) >= 11 is 0. The lowest BCUT2D eigenvalue weighted by molar-refractivity contribution is 0.126. The highest BCUT2D eigenvalue weighted by Gasteiger charge is 2.43. The molecule has 3 aliphatic rings. The first kappa shape index (κ1) is 22.6. The van der Waals surface area contributed by atoms with Crippen LogP contribution < -0.4 is 24.6 Å². The molecule has 10 heteroatoms. The molecule has 1 aliphatic heterocycles. The topological polar surface area (TPSA) is 100 Å². The van der Waals surface area contributed by atoms with E-state index in [1.807, 2.05) is 6.92 Å². The van der Waals surface area contributed by atoms with Gasteiger partial charge >= 0.3 is 6.03 Å². The largest absolute Gasteiger partial charge is 0.494 e. The number of amides is 2. The van der Waals surface area contributed by atoms with Crippen LogP contribution in [0.3, 0.4) is 0 Å². The Morgan fingerprint density at radius 2 is 1.97 bits per heavy atom. The van der Waals surface area contributed by atoms with Gasteiger partial charge in [-0.1, -0.05) is 0 Å². The number of hydrogen-bond donors (Lipinski definition) is 2. The number of carbonyl (C=O) groups is 1. The molecule has 2 N–H and O–H groups in total.